The van der Waals surface area contributed by atoms with Gasteiger partial charge in [0, 0.05) is 33.2 Å². The molecular formula is C70H49N3. The maximum absolute atomic E-state index is 5.50. The average Bonchev–Trinajstić information content (AvgIpc) is 3.82. The van der Waals surface area contributed by atoms with E-state index in [4.69, 9.17) is 9.97 Å². The van der Waals surface area contributed by atoms with E-state index in [-0.39, 0.29) is 0 Å². The molecular weight excluding hydrogens is 883 g/mol. The zero-order valence-electron chi connectivity index (χ0n) is 40.3. The van der Waals surface area contributed by atoms with E-state index in [1.165, 1.54) is 82.9 Å². The Bertz CT molecular complexity index is 4130. The number of fused-ring (bicyclic) bond motifs is 6. The van der Waals surface area contributed by atoms with E-state index in [1.807, 2.05) is 0 Å². The maximum atomic E-state index is 5.50. The number of hydrogen-bond acceptors (Lipinski definition) is 2. The van der Waals surface area contributed by atoms with Gasteiger partial charge in [0.25, 0.3) is 0 Å². The van der Waals surface area contributed by atoms with Gasteiger partial charge in [0.2, 0.25) is 0 Å². The van der Waals surface area contributed by atoms with Crippen LogP contribution in [0.4, 0.5) is 0 Å². The highest BCUT2D eigenvalue weighted by Gasteiger charge is 2.48. The van der Waals surface area contributed by atoms with E-state index in [2.05, 4.69) is 265 Å². The lowest BCUT2D eigenvalue weighted by molar-refractivity contribution is 0.663. The van der Waals surface area contributed by atoms with Crippen molar-refractivity contribution < 1.29 is 0 Å². The van der Waals surface area contributed by atoms with E-state index >= 15 is 0 Å². The first-order chi connectivity index (χ1) is 36.2. The fourth-order valence-corrected chi connectivity index (χ4v) is 12.3. The first-order valence-corrected chi connectivity index (χ1v) is 25.5. The second-order valence-corrected chi connectivity index (χ2v) is 19.4. The molecule has 1 atom stereocenters. The van der Waals surface area contributed by atoms with E-state index in [1.54, 1.807) is 0 Å². The highest BCUT2D eigenvalue weighted by Crippen LogP contribution is 2.59. The third kappa shape index (κ3) is 6.95. The summed E-state index contributed by atoms with van der Waals surface area (Å²) in [6, 6.07) is 79.4. The fraction of sp³-hybridized carbons (Fsp3) is 0.0571. The Hall–Kier alpha value is -9.18. The Morgan fingerprint density at radius 2 is 1.10 bits per heavy atom. The first-order valence-electron chi connectivity index (χ1n) is 25.5. The number of aromatic nitrogens is 3. The molecule has 73 heavy (non-hydrogen) atoms. The van der Waals surface area contributed by atoms with Crippen molar-refractivity contribution in [1.82, 2.24) is 14.5 Å². The Morgan fingerprint density at radius 1 is 0.438 bits per heavy atom. The van der Waals surface area contributed by atoms with E-state index in [0.29, 0.717) is 5.82 Å². The minimum Gasteiger partial charge on any atom is -0.309 e. The summed E-state index contributed by atoms with van der Waals surface area (Å²) >= 11 is 0. The lowest BCUT2D eigenvalue weighted by Crippen LogP contribution is -2.31. The summed E-state index contributed by atoms with van der Waals surface area (Å²) in [5.74, 6) is 0.706. The molecule has 2 heterocycles. The van der Waals surface area contributed by atoms with Crippen LogP contribution in [0.1, 0.15) is 36.0 Å². The SMILES string of the molecule is C1=CCCC(C2(c3ccccc3)C3=C(C=CC=CC3)c3c(-c4cc(-c5ccc(-c6ccc(-c7ccc8c(c7)c7ccccc7n8-c7ccccc7)cc6)c6ccccc56)nc(-c5ccccc5)n4)cccc32)=C1. The number of benzene rings is 9. The molecule has 0 aliphatic heterocycles. The van der Waals surface area contributed by atoms with Gasteiger partial charge in [-0.3, -0.25) is 0 Å². The highest BCUT2D eigenvalue weighted by molar-refractivity contribution is 6.11. The molecule has 11 aromatic rings. The predicted octanol–water partition coefficient (Wildman–Crippen LogP) is 17.9. The lowest BCUT2D eigenvalue weighted by Gasteiger charge is -2.38. The van der Waals surface area contributed by atoms with Gasteiger partial charge < -0.3 is 4.57 Å². The van der Waals surface area contributed by atoms with Crippen molar-refractivity contribution in [2.75, 3.05) is 0 Å². The minimum atomic E-state index is -0.411. The van der Waals surface area contributed by atoms with Crippen molar-refractivity contribution in [2.45, 2.75) is 24.7 Å². The summed E-state index contributed by atoms with van der Waals surface area (Å²) in [4.78, 5) is 10.9. The quantitative estimate of drug-likeness (QED) is 0.152. The topological polar surface area (TPSA) is 30.7 Å². The summed E-state index contributed by atoms with van der Waals surface area (Å²) in [5, 5.41) is 4.83. The van der Waals surface area contributed by atoms with Gasteiger partial charge in [-0.25, -0.2) is 9.97 Å². The summed E-state index contributed by atoms with van der Waals surface area (Å²) in [6.07, 6.45) is 18.9. The molecule has 0 saturated carbocycles. The van der Waals surface area contributed by atoms with Gasteiger partial charge in [-0.2, -0.15) is 0 Å². The van der Waals surface area contributed by atoms with E-state index in [0.717, 1.165) is 58.4 Å². The molecule has 0 N–H and O–H groups in total. The van der Waals surface area contributed by atoms with Crippen LogP contribution in [0, 0.1) is 0 Å². The molecule has 3 aliphatic rings. The lowest BCUT2D eigenvalue weighted by atomic mass is 9.64. The molecule has 0 amide bonds. The van der Waals surface area contributed by atoms with Gasteiger partial charge in [0.1, 0.15) is 0 Å². The smallest absolute Gasteiger partial charge is 0.160 e. The van der Waals surface area contributed by atoms with Crippen LogP contribution in [0.15, 0.2) is 272 Å². The van der Waals surface area contributed by atoms with Crippen LogP contribution in [-0.4, -0.2) is 14.5 Å². The van der Waals surface area contributed by atoms with Crippen molar-refractivity contribution in [3.63, 3.8) is 0 Å². The van der Waals surface area contributed by atoms with Crippen molar-refractivity contribution in [3.05, 3.63) is 289 Å². The fourth-order valence-electron chi connectivity index (χ4n) is 12.3. The summed E-state index contributed by atoms with van der Waals surface area (Å²) < 4.78 is 2.37. The van der Waals surface area contributed by atoms with Gasteiger partial charge in [-0.1, -0.05) is 230 Å². The van der Waals surface area contributed by atoms with Crippen LogP contribution < -0.4 is 0 Å². The number of allylic oxidation sites excluding steroid dienone is 10. The zero-order valence-corrected chi connectivity index (χ0v) is 40.3. The second kappa shape index (κ2) is 17.6. The molecule has 1 unspecified atom stereocenters. The number of para-hydroxylation sites is 2. The molecule has 0 saturated heterocycles. The molecule has 3 nitrogen and oxygen atoms in total. The Morgan fingerprint density at radius 3 is 1.88 bits per heavy atom. The van der Waals surface area contributed by atoms with Crippen LogP contribution in [0.5, 0.6) is 0 Å². The van der Waals surface area contributed by atoms with Crippen molar-refractivity contribution in [2.24, 2.45) is 0 Å². The molecule has 3 aliphatic carbocycles. The molecule has 14 rings (SSSR count). The van der Waals surface area contributed by atoms with Crippen molar-refractivity contribution in [3.8, 4) is 61.8 Å². The molecule has 0 radical (unpaired) electrons. The number of nitrogens with zero attached hydrogens (tertiary/aromatic N) is 3. The monoisotopic (exact) mass is 931 g/mol. The van der Waals surface area contributed by atoms with Crippen LogP contribution in [-0.2, 0) is 5.41 Å². The summed E-state index contributed by atoms with van der Waals surface area (Å²) in [6.45, 7) is 0. The molecule has 9 aromatic carbocycles. The second-order valence-electron chi connectivity index (χ2n) is 19.4. The Balaban J connectivity index is 0.895. The normalized spacial score (nSPS) is 16.0. The third-order valence-corrected chi connectivity index (χ3v) is 15.5. The number of hydrogen-bond donors (Lipinski definition) is 0. The molecule has 0 spiro atoms. The Labute approximate surface area is 425 Å². The standard InChI is InChI=1S/C70H49N3/c1-6-21-49(22-7-1)69-71-64(46-65(72-69)60-33-20-35-63-68(60)59-32-14-5-15-34-62(59)70(63,51-23-8-2-9-24-51)52-25-10-3-11-26-52)57-43-42-54(55-29-16-17-30-56(55)57)48-39-37-47(38-40-48)50-41-44-67-61(45-50)58-31-18-19-36-66(58)73(67)53-27-12-4-13-28-53/h1-10,12-25,27-33,35-46H,11,26,34H2. The first kappa shape index (κ1) is 42.7. The van der Waals surface area contributed by atoms with E-state index in [9.17, 15) is 0 Å². The molecule has 3 heteroatoms. The number of rotatable bonds is 8. The summed E-state index contributed by atoms with van der Waals surface area (Å²) in [5.41, 5.74) is 20.9. The molecule has 344 valence electrons. The largest absolute Gasteiger partial charge is 0.309 e. The average molecular weight is 932 g/mol. The minimum absolute atomic E-state index is 0.411. The molecule has 0 fully saturated rings. The van der Waals surface area contributed by atoms with Gasteiger partial charge in [-0.05, 0) is 117 Å². The highest BCUT2D eigenvalue weighted by atomic mass is 15.0. The molecule has 0 bridgehead atoms. The van der Waals surface area contributed by atoms with Gasteiger partial charge in [0.15, 0.2) is 5.82 Å². The van der Waals surface area contributed by atoms with Gasteiger partial charge in [-0.15, -0.1) is 0 Å². The van der Waals surface area contributed by atoms with Crippen molar-refractivity contribution >= 4 is 38.2 Å². The van der Waals surface area contributed by atoms with Crippen LogP contribution in [0.25, 0.3) is 100.0 Å². The Kier molecular flexibility index (Phi) is 10.3. The van der Waals surface area contributed by atoms with Gasteiger partial charge in [0.05, 0.1) is 27.8 Å². The molecule has 2 aromatic heterocycles. The van der Waals surface area contributed by atoms with Crippen LogP contribution in [0.3, 0.4) is 0 Å². The summed E-state index contributed by atoms with van der Waals surface area (Å²) in [7, 11) is 0. The van der Waals surface area contributed by atoms with E-state index < -0.39 is 5.41 Å². The van der Waals surface area contributed by atoms with Crippen LogP contribution in [0.2, 0.25) is 0 Å². The van der Waals surface area contributed by atoms with Crippen molar-refractivity contribution in [1.29, 1.82) is 0 Å². The predicted molar refractivity (Wildman–Crippen MR) is 305 cm³/mol. The zero-order chi connectivity index (χ0) is 48.3. The third-order valence-electron chi connectivity index (χ3n) is 15.5. The van der Waals surface area contributed by atoms with Crippen LogP contribution >= 0.6 is 0 Å². The van der Waals surface area contributed by atoms with Gasteiger partial charge >= 0.3 is 0 Å². The maximum Gasteiger partial charge on any atom is 0.160 e.